The molecule has 0 bridgehead atoms. The minimum atomic E-state index is -0.286. The summed E-state index contributed by atoms with van der Waals surface area (Å²) in [7, 11) is 0. The molecule has 0 heterocycles. The number of benzene rings is 1. The molecular weight excluding hydrogens is 176 g/mol. The van der Waals surface area contributed by atoms with Gasteiger partial charge in [-0.3, -0.25) is 0 Å². The van der Waals surface area contributed by atoms with Gasteiger partial charge >= 0.3 is 0 Å². The van der Waals surface area contributed by atoms with E-state index in [1.807, 2.05) is 0 Å². The Morgan fingerprint density at radius 2 is 2.00 bits per heavy atom. The summed E-state index contributed by atoms with van der Waals surface area (Å²) in [5, 5.41) is 11.0. The van der Waals surface area contributed by atoms with Gasteiger partial charge in [0.15, 0.2) is 0 Å². The zero-order valence-corrected chi connectivity index (χ0v) is 7.54. The van der Waals surface area contributed by atoms with Crippen LogP contribution in [-0.2, 0) is 5.11 Å². The van der Waals surface area contributed by atoms with Gasteiger partial charge in [-0.25, -0.2) is 5.11 Å². The Hall–Kier alpha value is -0.730. The van der Waals surface area contributed by atoms with E-state index in [4.69, 9.17) is 16.3 Å². The van der Waals surface area contributed by atoms with Crippen molar-refractivity contribution < 1.29 is 9.84 Å². The maximum Gasteiger partial charge on any atom is 0.122 e. The third-order valence-electron chi connectivity index (χ3n) is 1.39. The van der Waals surface area contributed by atoms with Crippen LogP contribution in [0.25, 0.3) is 0 Å². The lowest BCUT2D eigenvalue weighted by molar-refractivity contribution is 0.0828. The van der Waals surface area contributed by atoms with Gasteiger partial charge in [-0.2, -0.15) is 0 Å². The number of ether oxygens (including phenoxy) is 1. The van der Waals surface area contributed by atoms with E-state index >= 15 is 0 Å². The van der Waals surface area contributed by atoms with Crippen LogP contribution >= 0.6 is 11.6 Å². The van der Waals surface area contributed by atoms with Crippen LogP contribution in [0.3, 0.4) is 0 Å². The molecule has 1 aromatic rings. The van der Waals surface area contributed by atoms with Gasteiger partial charge < -0.3 is 4.74 Å². The van der Waals surface area contributed by atoms with Crippen LogP contribution in [0.5, 0.6) is 5.75 Å². The van der Waals surface area contributed by atoms with Crippen LogP contribution in [-0.4, -0.2) is 12.7 Å². The monoisotopic (exact) mass is 185 g/mol. The molecule has 0 saturated heterocycles. The average Bonchev–Trinajstić information content (AvgIpc) is 2.09. The molecule has 65 valence electrons. The number of hydrogen-bond acceptors (Lipinski definition) is 1. The van der Waals surface area contributed by atoms with Gasteiger partial charge in [0.05, 0.1) is 0 Å². The van der Waals surface area contributed by atoms with E-state index in [-0.39, 0.29) is 12.7 Å². The van der Waals surface area contributed by atoms with Crippen molar-refractivity contribution >= 4 is 11.6 Å². The molecule has 2 nitrogen and oxygen atoms in total. The predicted molar refractivity (Wildman–Crippen MR) is 47.1 cm³/mol. The van der Waals surface area contributed by atoms with E-state index in [1.54, 1.807) is 31.2 Å². The minimum Gasteiger partial charge on any atom is -0.488 e. The second-order valence-corrected chi connectivity index (χ2v) is 2.99. The van der Waals surface area contributed by atoms with E-state index in [2.05, 4.69) is 0 Å². The SMILES string of the molecule is CC(C[O])Oc1ccc(Cl)cc1. The zero-order valence-electron chi connectivity index (χ0n) is 6.79. The lowest BCUT2D eigenvalue weighted by Crippen LogP contribution is -2.15. The Kier molecular flexibility index (Phi) is 3.38. The van der Waals surface area contributed by atoms with Gasteiger partial charge in [-0.05, 0) is 31.2 Å². The summed E-state index contributed by atoms with van der Waals surface area (Å²) >= 11 is 5.66. The zero-order chi connectivity index (χ0) is 8.97. The fourth-order valence-corrected chi connectivity index (χ4v) is 0.905. The minimum absolute atomic E-state index is 0.234. The van der Waals surface area contributed by atoms with Crippen molar-refractivity contribution in [2.45, 2.75) is 13.0 Å². The molecule has 0 fully saturated rings. The highest BCUT2D eigenvalue weighted by atomic mass is 35.5. The summed E-state index contributed by atoms with van der Waals surface area (Å²) < 4.78 is 5.25. The summed E-state index contributed by atoms with van der Waals surface area (Å²) in [6.07, 6.45) is -0.286. The standard InChI is InChI=1S/C9H10ClO2/c1-7(6-11)12-9-4-2-8(10)3-5-9/h2-5,7H,6H2,1H3. The second kappa shape index (κ2) is 4.33. The van der Waals surface area contributed by atoms with Crippen molar-refractivity contribution in [3.63, 3.8) is 0 Å². The van der Waals surface area contributed by atoms with Gasteiger partial charge in [-0.1, -0.05) is 11.6 Å². The lowest BCUT2D eigenvalue weighted by Gasteiger charge is -2.10. The Morgan fingerprint density at radius 3 is 2.50 bits per heavy atom. The van der Waals surface area contributed by atoms with Crippen molar-refractivity contribution in [3.05, 3.63) is 29.3 Å². The first kappa shape index (κ1) is 9.36. The van der Waals surface area contributed by atoms with Gasteiger partial charge in [0.1, 0.15) is 18.5 Å². The largest absolute Gasteiger partial charge is 0.488 e. The van der Waals surface area contributed by atoms with Crippen LogP contribution in [0.4, 0.5) is 0 Å². The van der Waals surface area contributed by atoms with Crippen molar-refractivity contribution in [3.8, 4) is 5.75 Å². The first-order valence-electron chi connectivity index (χ1n) is 3.72. The molecule has 0 saturated carbocycles. The molecule has 1 radical (unpaired) electrons. The fraction of sp³-hybridized carbons (Fsp3) is 0.333. The van der Waals surface area contributed by atoms with Crippen molar-refractivity contribution in [1.82, 2.24) is 0 Å². The molecule has 0 aliphatic carbocycles. The molecule has 0 N–H and O–H groups in total. The topological polar surface area (TPSA) is 29.1 Å². The van der Waals surface area contributed by atoms with Gasteiger partial charge in [0.2, 0.25) is 0 Å². The van der Waals surface area contributed by atoms with Crippen molar-refractivity contribution in [2.24, 2.45) is 0 Å². The predicted octanol–water partition coefficient (Wildman–Crippen LogP) is 2.54. The Bertz CT molecular complexity index is 233. The van der Waals surface area contributed by atoms with Crippen LogP contribution in [0.1, 0.15) is 6.92 Å². The normalized spacial score (nSPS) is 12.6. The third kappa shape index (κ3) is 2.72. The molecule has 12 heavy (non-hydrogen) atoms. The molecule has 1 unspecified atom stereocenters. The first-order valence-corrected chi connectivity index (χ1v) is 4.10. The Labute approximate surface area is 76.7 Å². The van der Waals surface area contributed by atoms with E-state index in [0.717, 1.165) is 0 Å². The molecule has 0 aromatic heterocycles. The lowest BCUT2D eigenvalue weighted by atomic mass is 10.3. The van der Waals surface area contributed by atoms with Crippen molar-refractivity contribution in [2.75, 3.05) is 6.61 Å². The summed E-state index contributed by atoms with van der Waals surface area (Å²) in [5.41, 5.74) is 0. The molecule has 0 aliphatic heterocycles. The Morgan fingerprint density at radius 1 is 1.42 bits per heavy atom. The maximum atomic E-state index is 10.4. The van der Waals surface area contributed by atoms with Crippen LogP contribution < -0.4 is 4.74 Å². The van der Waals surface area contributed by atoms with E-state index < -0.39 is 0 Å². The fourth-order valence-electron chi connectivity index (χ4n) is 0.779. The molecular formula is C9H10ClO2. The quantitative estimate of drug-likeness (QED) is 0.712. The third-order valence-corrected chi connectivity index (χ3v) is 1.64. The smallest absolute Gasteiger partial charge is 0.122 e. The summed E-state index contributed by atoms with van der Waals surface area (Å²) in [5.74, 6) is 0.683. The van der Waals surface area contributed by atoms with Crippen LogP contribution in [0.2, 0.25) is 5.02 Å². The van der Waals surface area contributed by atoms with Crippen LogP contribution in [0, 0.1) is 0 Å². The summed E-state index contributed by atoms with van der Waals surface area (Å²) in [6, 6.07) is 6.95. The molecule has 1 atom stereocenters. The van der Waals surface area contributed by atoms with Gasteiger partial charge in [0, 0.05) is 5.02 Å². The highest BCUT2D eigenvalue weighted by Crippen LogP contribution is 2.16. The molecule has 0 amide bonds. The molecule has 3 heteroatoms. The molecule has 1 aromatic carbocycles. The van der Waals surface area contributed by atoms with Crippen molar-refractivity contribution in [1.29, 1.82) is 0 Å². The molecule has 1 rings (SSSR count). The highest BCUT2D eigenvalue weighted by molar-refractivity contribution is 6.30. The Balaban J connectivity index is 2.58. The molecule has 0 aliphatic rings. The highest BCUT2D eigenvalue weighted by Gasteiger charge is 2.01. The van der Waals surface area contributed by atoms with E-state index in [0.29, 0.717) is 10.8 Å². The van der Waals surface area contributed by atoms with E-state index in [9.17, 15) is 5.11 Å². The van der Waals surface area contributed by atoms with Gasteiger partial charge in [0.25, 0.3) is 0 Å². The number of rotatable bonds is 3. The van der Waals surface area contributed by atoms with Crippen LogP contribution in [0.15, 0.2) is 24.3 Å². The second-order valence-electron chi connectivity index (χ2n) is 2.55. The average molecular weight is 186 g/mol. The van der Waals surface area contributed by atoms with E-state index in [1.165, 1.54) is 0 Å². The summed E-state index contributed by atoms with van der Waals surface area (Å²) in [4.78, 5) is 0. The number of hydrogen-bond donors (Lipinski definition) is 0. The molecule has 0 spiro atoms. The summed E-state index contributed by atoms with van der Waals surface area (Å²) in [6.45, 7) is 1.50. The maximum absolute atomic E-state index is 10.4. The first-order chi connectivity index (χ1) is 5.72. The van der Waals surface area contributed by atoms with Gasteiger partial charge in [-0.15, -0.1) is 0 Å². The number of halogens is 1.